The summed E-state index contributed by atoms with van der Waals surface area (Å²) in [5, 5.41) is 0. The van der Waals surface area contributed by atoms with E-state index < -0.39 is 56.0 Å². The molecule has 0 amide bonds. The number of hydrogen-bond acceptors (Lipinski definition) is 4. The number of hydrogen-bond donors (Lipinski definition) is 2. The summed E-state index contributed by atoms with van der Waals surface area (Å²) < 4.78 is 93.0. The Bertz CT molecular complexity index is 1540. The molecular formula is C29H26F4N2O3S. The van der Waals surface area contributed by atoms with Crippen molar-refractivity contribution in [1.29, 1.82) is 0 Å². The molecular weight excluding hydrogens is 532 g/mol. The number of sulfonamides is 1. The minimum absolute atomic E-state index is 0.165. The molecule has 10 heteroatoms. The number of halogens is 4. The van der Waals surface area contributed by atoms with Crippen LogP contribution in [0.4, 0.5) is 17.6 Å². The number of ether oxygens (including phenoxy) is 1. The Hall–Kier alpha value is -3.73. The van der Waals surface area contributed by atoms with Gasteiger partial charge in [-0.2, -0.15) is 4.39 Å². The largest absolute Gasteiger partial charge is 0.489 e. The zero-order valence-corrected chi connectivity index (χ0v) is 21.7. The van der Waals surface area contributed by atoms with Crippen molar-refractivity contribution in [3.8, 4) is 5.75 Å². The van der Waals surface area contributed by atoms with Crippen LogP contribution in [0.5, 0.6) is 5.75 Å². The second kappa shape index (κ2) is 12.0. The first-order chi connectivity index (χ1) is 18.6. The van der Waals surface area contributed by atoms with E-state index in [0.29, 0.717) is 11.1 Å². The molecule has 4 aromatic rings. The van der Waals surface area contributed by atoms with E-state index in [1.165, 1.54) is 0 Å². The molecule has 2 atom stereocenters. The van der Waals surface area contributed by atoms with E-state index in [1.807, 2.05) is 19.1 Å². The zero-order valence-electron chi connectivity index (χ0n) is 20.9. The predicted molar refractivity (Wildman–Crippen MR) is 140 cm³/mol. The van der Waals surface area contributed by atoms with E-state index in [0.717, 1.165) is 11.1 Å². The fourth-order valence-corrected chi connectivity index (χ4v) is 5.54. The second-order valence-corrected chi connectivity index (χ2v) is 10.6. The van der Waals surface area contributed by atoms with Gasteiger partial charge in [0.05, 0.1) is 18.7 Å². The Balaban J connectivity index is 1.73. The van der Waals surface area contributed by atoms with Gasteiger partial charge in [-0.25, -0.2) is 26.3 Å². The van der Waals surface area contributed by atoms with Crippen LogP contribution < -0.4 is 15.2 Å². The first-order valence-electron chi connectivity index (χ1n) is 12.0. The van der Waals surface area contributed by atoms with Gasteiger partial charge in [-0.3, -0.25) is 0 Å². The topological polar surface area (TPSA) is 81.4 Å². The van der Waals surface area contributed by atoms with Gasteiger partial charge in [0.25, 0.3) is 0 Å². The molecule has 0 fully saturated rings. The lowest BCUT2D eigenvalue weighted by Crippen LogP contribution is -2.37. The Morgan fingerprint density at radius 1 is 0.769 bits per heavy atom. The van der Waals surface area contributed by atoms with Crippen molar-refractivity contribution in [2.75, 3.05) is 6.61 Å². The highest BCUT2D eigenvalue weighted by Gasteiger charge is 2.37. The first-order valence-corrected chi connectivity index (χ1v) is 13.5. The summed E-state index contributed by atoms with van der Waals surface area (Å²) in [5.74, 6) is -9.78. The van der Waals surface area contributed by atoms with Crippen molar-refractivity contribution in [1.82, 2.24) is 4.72 Å². The molecule has 0 saturated carbocycles. The molecule has 0 heterocycles. The average molecular weight is 559 g/mol. The summed E-state index contributed by atoms with van der Waals surface area (Å²) in [6.07, 6.45) is 0.165. The number of benzene rings is 4. The fraction of sp³-hybridized carbons (Fsp3) is 0.172. The minimum atomic E-state index is -5.06. The molecule has 0 radical (unpaired) electrons. The highest BCUT2D eigenvalue weighted by atomic mass is 32.2. The molecule has 0 spiro atoms. The Morgan fingerprint density at radius 2 is 1.31 bits per heavy atom. The van der Waals surface area contributed by atoms with Gasteiger partial charge in [0.1, 0.15) is 0 Å². The maximum absolute atomic E-state index is 15.1. The Morgan fingerprint density at radius 3 is 1.90 bits per heavy atom. The third kappa shape index (κ3) is 6.30. The van der Waals surface area contributed by atoms with Gasteiger partial charge in [-0.05, 0) is 23.6 Å². The van der Waals surface area contributed by atoms with Crippen LogP contribution in [0.2, 0.25) is 0 Å². The van der Waals surface area contributed by atoms with Gasteiger partial charge in [0.15, 0.2) is 22.3 Å². The van der Waals surface area contributed by atoms with Crippen molar-refractivity contribution < 1.29 is 30.7 Å². The highest BCUT2D eigenvalue weighted by molar-refractivity contribution is 7.89. The first kappa shape index (κ1) is 28.3. The lowest BCUT2D eigenvalue weighted by molar-refractivity contribution is 0.276. The SMILES string of the molecule is Cc1ccc(CCOc2c(F)c(F)c(F)c(F)c2S(=O)(=O)N[C@@H](c2ccccc2)[C@@H](N)c2ccccc2)cc1. The lowest BCUT2D eigenvalue weighted by Gasteiger charge is -2.26. The van der Waals surface area contributed by atoms with Crippen molar-refractivity contribution in [2.24, 2.45) is 5.73 Å². The molecule has 0 unspecified atom stereocenters. The summed E-state index contributed by atoms with van der Waals surface area (Å²) in [6.45, 7) is 1.55. The van der Waals surface area contributed by atoms with Crippen LogP contribution in [0, 0.1) is 30.2 Å². The maximum Gasteiger partial charge on any atom is 0.248 e. The smallest absolute Gasteiger partial charge is 0.248 e. The van der Waals surface area contributed by atoms with Crippen LogP contribution in [0.1, 0.15) is 34.3 Å². The van der Waals surface area contributed by atoms with Crippen molar-refractivity contribution in [2.45, 2.75) is 30.3 Å². The lowest BCUT2D eigenvalue weighted by atomic mass is 9.95. The van der Waals surface area contributed by atoms with Crippen LogP contribution in [0.3, 0.4) is 0 Å². The number of nitrogens with two attached hydrogens (primary N) is 1. The summed E-state index contributed by atoms with van der Waals surface area (Å²) in [4.78, 5) is -1.48. The minimum Gasteiger partial charge on any atom is -0.489 e. The molecule has 0 aromatic heterocycles. The summed E-state index contributed by atoms with van der Waals surface area (Å²) in [5.41, 5.74) is 9.11. The monoisotopic (exact) mass is 558 g/mol. The number of aryl methyl sites for hydroxylation is 1. The fourth-order valence-electron chi connectivity index (χ4n) is 4.09. The Kier molecular flexibility index (Phi) is 8.69. The molecule has 0 aliphatic heterocycles. The van der Waals surface area contributed by atoms with Crippen LogP contribution in [-0.2, 0) is 16.4 Å². The van der Waals surface area contributed by atoms with Gasteiger partial charge in [0, 0.05) is 6.42 Å². The summed E-state index contributed by atoms with van der Waals surface area (Å²) >= 11 is 0. The summed E-state index contributed by atoms with van der Waals surface area (Å²) in [7, 11) is -5.06. The molecule has 0 bridgehead atoms. The third-order valence-corrected chi connectivity index (χ3v) is 7.66. The molecule has 0 saturated heterocycles. The van der Waals surface area contributed by atoms with E-state index in [-0.39, 0.29) is 13.0 Å². The van der Waals surface area contributed by atoms with E-state index in [2.05, 4.69) is 4.72 Å². The highest BCUT2D eigenvalue weighted by Crippen LogP contribution is 2.36. The molecule has 5 nitrogen and oxygen atoms in total. The number of rotatable bonds is 10. The Labute approximate surface area is 224 Å². The van der Waals surface area contributed by atoms with Crippen LogP contribution in [-0.4, -0.2) is 15.0 Å². The van der Waals surface area contributed by atoms with Crippen LogP contribution >= 0.6 is 0 Å². The maximum atomic E-state index is 15.1. The predicted octanol–water partition coefficient (Wildman–Crippen LogP) is 5.89. The molecule has 3 N–H and O–H groups in total. The third-order valence-electron chi connectivity index (χ3n) is 6.19. The van der Waals surface area contributed by atoms with Crippen molar-refractivity contribution >= 4 is 10.0 Å². The molecule has 204 valence electrons. The zero-order chi connectivity index (χ0) is 28.2. The molecule has 0 aliphatic carbocycles. The van der Waals surface area contributed by atoms with Gasteiger partial charge in [-0.15, -0.1) is 0 Å². The van der Waals surface area contributed by atoms with Crippen molar-refractivity contribution in [3.63, 3.8) is 0 Å². The molecule has 4 rings (SSSR count). The van der Waals surface area contributed by atoms with Crippen molar-refractivity contribution in [3.05, 3.63) is 130 Å². The van der Waals surface area contributed by atoms with E-state index in [1.54, 1.807) is 72.8 Å². The van der Waals surface area contributed by atoms with Gasteiger partial charge < -0.3 is 10.5 Å². The standard InChI is InChI=1S/C29H26F4N2O3S/c1-18-12-14-19(15-13-18)16-17-38-28-24(32)22(30)23(31)25(33)29(28)39(36,37)35-27(21-10-6-3-7-11-21)26(34)20-8-4-2-5-9-20/h2-15,26-27,35H,16-17,34H2,1H3/t26-,27-/m0/s1. The quantitative estimate of drug-likeness (QED) is 0.144. The van der Waals surface area contributed by atoms with Gasteiger partial charge >= 0.3 is 0 Å². The average Bonchev–Trinajstić information content (AvgIpc) is 2.94. The van der Waals surface area contributed by atoms with Crippen LogP contribution in [0.15, 0.2) is 89.8 Å². The van der Waals surface area contributed by atoms with E-state index >= 15 is 4.39 Å². The summed E-state index contributed by atoms with van der Waals surface area (Å²) in [6, 6.07) is 21.7. The van der Waals surface area contributed by atoms with E-state index in [4.69, 9.17) is 10.5 Å². The molecule has 39 heavy (non-hydrogen) atoms. The normalized spacial score (nSPS) is 13.2. The molecule has 4 aromatic carbocycles. The molecule has 0 aliphatic rings. The van der Waals surface area contributed by atoms with Gasteiger partial charge in [-0.1, -0.05) is 90.5 Å². The van der Waals surface area contributed by atoms with Gasteiger partial charge in [0.2, 0.25) is 21.7 Å². The number of nitrogens with one attached hydrogen (secondary N) is 1. The van der Waals surface area contributed by atoms with Crippen LogP contribution in [0.25, 0.3) is 0 Å². The van der Waals surface area contributed by atoms with E-state index in [9.17, 15) is 21.6 Å². The second-order valence-electron chi connectivity index (χ2n) is 8.94.